The minimum absolute atomic E-state index is 0.167. The molecule has 0 aromatic carbocycles. The monoisotopic (exact) mass is 384 g/mol. The summed E-state index contributed by atoms with van der Waals surface area (Å²) in [5.41, 5.74) is 0. The van der Waals surface area contributed by atoms with E-state index in [9.17, 15) is 0 Å². The van der Waals surface area contributed by atoms with Crippen molar-refractivity contribution in [2.24, 2.45) is 0 Å². The Morgan fingerprint density at radius 1 is 0.833 bits per heavy atom. The molecule has 0 radical (unpaired) electrons. The second kappa shape index (κ2) is 15.4. The van der Waals surface area contributed by atoms with Gasteiger partial charge in [0.15, 0.2) is 0 Å². The van der Waals surface area contributed by atoms with Gasteiger partial charge in [0.2, 0.25) is 0 Å². The standard InChI is InChI=1S/2C3H8O.Al.3BrH/c2*1-3(2)4;;;;/h2*3-4H,1-2H3;;3*1H/q;;+3;;;/p-3. The second-order valence-corrected chi connectivity index (χ2v) is 22.2. The predicted molar refractivity (Wildman–Crippen MR) is 67.2 cm³/mol. The fraction of sp³-hybridized carbons (Fsp3) is 1.00. The molecule has 0 spiro atoms. The molecule has 76 valence electrons. The van der Waals surface area contributed by atoms with Gasteiger partial charge in [-0.15, -0.1) is 0 Å². The molecule has 0 atom stereocenters. The molecular formula is C6H16AlBr3O2. The van der Waals surface area contributed by atoms with Crippen LogP contribution in [0.15, 0.2) is 0 Å². The summed E-state index contributed by atoms with van der Waals surface area (Å²) in [4.78, 5) is 0. The first-order chi connectivity index (χ1) is 5.20. The Hall–Kier alpha value is 1.89. The largest absolute Gasteiger partial charge is 0.542 e. The van der Waals surface area contributed by atoms with Crippen LogP contribution in [0.4, 0.5) is 0 Å². The molecule has 0 saturated heterocycles. The third kappa shape index (κ3) is 394. The summed E-state index contributed by atoms with van der Waals surface area (Å²) < 4.78 is 0. The van der Waals surface area contributed by atoms with Crippen molar-refractivity contribution in [1.29, 1.82) is 0 Å². The Morgan fingerprint density at radius 3 is 0.833 bits per heavy atom. The molecule has 0 aromatic heterocycles. The number of hydrogen-bond donors (Lipinski definition) is 2. The third-order valence-corrected chi connectivity index (χ3v) is 0. The van der Waals surface area contributed by atoms with Crippen molar-refractivity contribution < 1.29 is 10.2 Å². The van der Waals surface area contributed by atoms with Crippen LogP contribution in [0, 0.1) is 0 Å². The van der Waals surface area contributed by atoms with Crippen LogP contribution in [0.3, 0.4) is 0 Å². The zero-order chi connectivity index (χ0) is 10.7. The van der Waals surface area contributed by atoms with Crippen molar-refractivity contribution >= 4 is 50.8 Å². The highest BCUT2D eigenvalue weighted by Crippen LogP contribution is 2.07. The molecule has 0 aliphatic carbocycles. The van der Waals surface area contributed by atoms with E-state index in [1.807, 2.05) is 0 Å². The fourth-order valence-electron chi connectivity index (χ4n) is 0. The normalized spacial score (nSPS) is 8.25. The molecule has 2 N–H and O–H groups in total. The van der Waals surface area contributed by atoms with Gasteiger partial charge in [-0.2, -0.15) is 42.2 Å². The van der Waals surface area contributed by atoms with Crippen LogP contribution < -0.4 is 0 Å². The van der Waals surface area contributed by atoms with Crippen LogP contribution in [-0.2, 0) is 0 Å². The quantitative estimate of drug-likeness (QED) is 0.628. The van der Waals surface area contributed by atoms with Crippen LogP contribution in [0.25, 0.3) is 0 Å². The lowest BCUT2D eigenvalue weighted by molar-refractivity contribution is 0.215. The maximum atomic E-state index is 8.06. The zero-order valence-electron chi connectivity index (χ0n) is 7.76. The highest BCUT2D eigenvalue weighted by atomic mass is 80.0. The topological polar surface area (TPSA) is 40.5 Å². The van der Waals surface area contributed by atoms with Gasteiger partial charge in [-0.3, -0.25) is 0 Å². The molecule has 2 nitrogen and oxygen atoms in total. The smallest absolute Gasteiger partial charge is 0.394 e. The van der Waals surface area contributed by atoms with E-state index < -0.39 is 8.67 Å². The van der Waals surface area contributed by atoms with E-state index in [1.165, 1.54) is 0 Å². The van der Waals surface area contributed by atoms with Crippen molar-refractivity contribution in [2.45, 2.75) is 39.9 Å². The lowest BCUT2D eigenvalue weighted by Gasteiger charge is -1.80. The van der Waals surface area contributed by atoms with Crippen LogP contribution in [0.1, 0.15) is 27.7 Å². The van der Waals surface area contributed by atoms with E-state index in [4.69, 9.17) is 10.2 Å². The number of hydrogen-bond acceptors (Lipinski definition) is 2. The van der Waals surface area contributed by atoms with Crippen molar-refractivity contribution in [3.63, 3.8) is 0 Å². The maximum Gasteiger partial charge on any atom is 0.542 e. The molecule has 0 aliphatic heterocycles. The summed E-state index contributed by atoms with van der Waals surface area (Å²) in [6.45, 7) is 6.89. The van der Waals surface area contributed by atoms with Crippen LogP contribution in [-0.4, -0.2) is 31.1 Å². The van der Waals surface area contributed by atoms with E-state index in [1.54, 1.807) is 27.7 Å². The van der Waals surface area contributed by atoms with Gasteiger partial charge in [0.1, 0.15) is 0 Å². The van der Waals surface area contributed by atoms with Crippen LogP contribution in [0.2, 0.25) is 0 Å². The molecule has 0 amide bonds. The Balaban J connectivity index is -0.000000101. The molecule has 0 unspecified atom stereocenters. The van der Waals surface area contributed by atoms with E-state index in [2.05, 4.69) is 42.2 Å². The highest BCUT2D eigenvalue weighted by molar-refractivity contribution is 9.69. The molecule has 0 heterocycles. The number of aliphatic hydroxyl groups excluding tert-OH is 2. The first-order valence-corrected chi connectivity index (χ1v) is 13.0. The predicted octanol–water partition coefficient (Wildman–Crippen LogP) is 2.93. The van der Waals surface area contributed by atoms with Gasteiger partial charge < -0.3 is 10.2 Å². The summed E-state index contributed by atoms with van der Waals surface area (Å²) in [6.07, 6.45) is -0.333. The molecule has 0 bridgehead atoms. The minimum Gasteiger partial charge on any atom is -0.394 e. The van der Waals surface area contributed by atoms with Crippen molar-refractivity contribution in [3.05, 3.63) is 0 Å². The van der Waals surface area contributed by atoms with Gasteiger partial charge >= 0.3 is 8.67 Å². The summed E-state index contributed by atoms with van der Waals surface area (Å²) in [7, 11) is -0.701. The van der Waals surface area contributed by atoms with Crippen molar-refractivity contribution in [3.8, 4) is 0 Å². The zero-order valence-corrected chi connectivity index (χ0v) is 13.7. The van der Waals surface area contributed by atoms with Gasteiger partial charge in [-0.05, 0) is 27.7 Å². The van der Waals surface area contributed by atoms with E-state index in [0.717, 1.165) is 0 Å². The molecule has 12 heavy (non-hydrogen) atoms. The first-order valence-electron chi connectivity index (χ1n) is 3.48. The van der Waals surface area contributed by atoms with Gasteiger partial charge in [-0.1, -0.05) is 0 Å². The summed E-state index contributed by atoms with van der Waals surface area (Å²) in [5.74, 6) is 0. The molecule has 0 rings (SSSR count). The Morgan fingerprint density at radius 2 is 0.833 bits per heavy atom. The van der Waals surface area contributed by atoms with Crippen LogP contribution in [0.5, 0.6) is 0 Å². The maximum absolute atomic E-state index is 8.06. The van der Waals surface area contributed by atoms with E-state index >= 15 is 0 Å². The second-order valence-electron chi connectivity index (χ2n) is 2.43. The molecule has 0 aromatic rings. The summed E-state index contributed by atoms with van der Waals surface area (Å²) in [6, 6.07) is 0. The van der Waals surface area contributed by atoms with Gasteiger partial charge in [-0.25, -0.2) is 0 Å². The van der Waals surface area contributed by atoms with Gasteiger partial charge in [0, 0.05) is 12.2 Å². The molecule has 0 saturated carbocycles. The molecule has 6 heteroatoms. The number of halogens is 3. The lowest BCUT2D eigenvalue weighted by atomic mass is 10.5. The first kappa shape index (κ1) is 19.5. The Labute approximate surface area is 100 Å². The fourth-order valence-corrected chi connectivity index (χ4v) is 0. The number of aliphatic hydroxyl groups is 2. The van der Waals surface area contributed by atoms with Gasteiger partial charge in [0.25, 0.3) is 0 Å². The summed E-state index contributed by atoms with van der Waals surface area (Å²) in [5, 5.41) is 16.1. The molecule has 0 fully saturated rings. The SMILES string of the molecule is CC(C)O.CC(C)O.[Br][Al]([Br])[Br]. The van der Waals surface area contributed by atoms with Crippen molar-refractivity contribution in [2.75, 3.05) is 0 Å². The average Bonchev–Trinajstić information content (AvgIpc) is 1.54. The van der Waals surface area contributed by atoms with E-state index in [-0.39, 0.29) is 12.2 Å². The Bertz CT molecular complexity index is 49.3. The molecular weight excluding hydrogens is 371 g/mol. The van der Waals surface area contributed by atoms with E-state index in [0.29, 0.717) is 0 Å². The molecule has 0 aliphatic rings. The van der Waals surface area contributed by atoms with Crippen LogP contribution >= 0.6 is 42.2 Å². The average molecular weight is 387 g/mol. The minimum atomic E-state index is -0.701. The summed E-state index contributed by atoms with van der Waals surface area (Å²) >= 11 is 9.73. The Kier molecular flexibility index (Phi) is 24.9. The number of rotatable bonds is 0. The third-order valence-electron chi connectivity index (χ3n) is 0. The lowest BCUT2D eigenvalue weighted by Crippen LogP contribution is -1.85. The highest BCUT2D eigenvalue weighted by Gasteiger charge is 1.95. The van der Waals surface area contributed by atoms with Gasteiger partial charge in [0.05, 0.1) is 0 Å². The van der Waals surface area contributed by atoms with Crippen molar-refractivity contribution in [1.82, 2.24) is 0 Å².